The molecule has 9 aromatic rings. The minimum atomic E-state index is 0.127. The molecule has 3 aliphatic heterocycles. The minimum absolute atomic E-state index is 0.127. The van der Waals surface area contributed by atoms with Gasteiger partial charge in [0, 0.05) is 73.6 Å². The number of likely N-dealkylation sites (tertiary alicyclic amines) is 2. The highest BCUT2D eigenvalue weighted by Gasteiger charge is 2.51. The Labute approximate surface area is 608 Å². The number of aliphatic hydroxyl groups is 4. The van der Waals surface area contributed by atoms with Crippen molar-refractivity contribution in [2.24, 2.45) is 11.8 Å². The van der Waals surface area contributed by atoms with E-state index in [0.29, 0.717) is 31.0 Å². The molecule has 0 unspecified atom stereocenters. The first-order chi connectivity index (χ1) is 49.1. The summed E-state index contributed by atoms with van der Waals surface area (Å²) in [5, 5.41) is 48.3. The molecule has 11 nitrogen and oxygen atoms in total. The SMILES string of the molecule is CN1CCC[C@H]1COc1ccc(/C(=C(/CCCO)c2ccccc2)c2ccc(Br)cc2)cc1.OCCC/C(=C(\c1ccc(Br)cc1)c1ccc(OCCN2CC2)cc1)c1ccccc1.OCCC/C(=C(\c1ccc(O)cc1)c1ccc(OCCN2C[C@H]3C[C@H]3[C@H]2CO)cc1)c1ccccc1. The molecule has 4 atom stereocenters. The molecule has 1 saturated carbocycles. The van der Waals surface area contributed by atoms with Gasteiger partial charge in [-0.15, -0.1) is 0 Å². The molecule has 0 amide bonds. The number of nitrogens with zero attached hydrogens (tertiary/aromatic N) is 3. The maximum Gasteiger partial charge on any atom is 0.119 e. The second-order valence-electron chi connectivity index (χ2n) is 26.3. The molecular formula is C87H95Br2N3O8. The summed E-state index contributed by atoms with van der Waals surface area (Å²) in [6.07, 6.45) is 8.18. The number of halogens is 2. The van der Waals surface area contributed by atoms with Crippen LogP contribution in [0.2, 0.25) is 0 Å². The predicted molar refractivity (Wildman–Crippen MR) is 414 cm³/mol. The summed E-state index contributed by atoms with van der Waals surface area (Å²) in [5.41, 5.74) is 17.3. The number of benzene rings is 9. The number of phenolic OH excluding ortho intramolecular Hbond substituents is 1. The molecule has 0 spiro atoms. The van der Waals surface area contributed by atoms with E-state index in [-0.39, 0.29) is 32.2 Å². The third kappa shape index (κ3) is 20.6. The molecule has 0 bridgehead atoms. The summed E-state index contributed by atoms with van der Waals surface area (Å²) in [6.45, 7) is 9.21. The lowest BCUT2D eigenvalue weighted by Gasteiger charge is -2.25. The Hall–Kier alpha value is -7.92. The van der Waals surface area contributed by atoms with E-state index in [0.717, 1.165) is 154 Å². The molecule has 3 saturated heterocycles. The van der Waals surface area contributed by atoms with E-state index < -0.39 is 0 Å². The molecule has 4 aliphatic rings. The Balaban J connectivity index is 0.000000152. The number of aromatic hydroxyl groups is 1. The van der Waals surface area contributed by atoms with Gasteiger partial charge in [0.1, 0.15) is 42.8 Å². The largest absolute Gasteiger partial charge is 0.508 e. The number of ether oxygens (including phenoxy) is 3. The van der Waals surface area contributed by atoms with Crippen LogP contribution in [0.1, 0.15) is 108 Å². The van der Waals surface area contributed by atoms with E-state index >= 15 is 0 Å². The topological polar surface area (TPSA) is 138 Å². The monoisotopic (exact) mass is 1470 g/mol. The Morgan fingerprint density at radius 2 is 0.800 bits per heavy atom. The van der Waals surface area contributed by atoms with Gasteiger partial charge in [0.05, 0.1) is 6.61 Å². The van der Waals surface area contributed by atoms with Crippen molar-refractivity contribution in [2.45, 2.75) is 69.9 Å². The summed E-state index contributed by atoms with van der Waals surface area (Å²) in [5.74, 6) is 4.32. The number of likely N-dealkylation sites (N-methyl/N-ethyl adjacent to an activating group) is 1. The Kier molecular flexibility index (Phi) is 27.6. The number of piperidine rings is 1. The average Bonchev–Trinajstić information content (AvgIpc) is 1.59. The molecule has 0 radical (unpaired) electrons. The van der Waals surface area contributed by atoms with Gasteiger partial charge in [0.15, 0.2) is 0 Å². The molecular weight excluding hydrogens is 1370 g/mol. The van der Waals surface area contributed by atoms with Gasteiger partial charge in [-0.05, 0) is 240 Å². The fraction of sp³-hybridized carbons (Fsp3) is 0.310. The van der Waals surface area contributed by atoms with Crippen molar-refractivity contribution in [3.05, 3.63) is 296 Å². The van der Waals surface area contributed by atoms with Gasteiger partial charge >= 0.3 is 0 Å². The molecule has 5 N–H and O–H groups in total. The summed E-state index contributed by atoms with van der Waals surface area (Å²) in [7, 11) is 2.18. The number of allylic oxidation sites excluding steroid dienone is 3. The summed E-state index contributed by atoms with van der Waals surface area (Å²) in [4.78, 5) is 7.11. The second-order valence-corrected chi connectivity index (χ2v) is 28.1. The van der Waals surface area contributed by atoms with Crippen molar-refractivity contribution in [2.75, 3.05) is 92.6 Å². The van der Waals surface area contributed by atoms with Crippen molar-refractivity contribution < 1.29 is 39.7 Å². The predicted octanol–water partition coefficient (Wildman–Crippen LogP) is 17.3. The molecule has 13 heteroatoms. The van der Waals surface area contributed by atoms with Crippen LogP contribution in [0.3, 0.4) is 0 Å². The highest BCUT2D eigenvalue weighted by molar-refractivity contribution is 9.10. The van der Waals surface area contributed by atoms with Crippen LogP contribution in [-0.4, -0.2) is 145 Å². The molecule has 520 valence electrons. The van der Waals surface area contributed by atoms with E-state index in [1.54, 1.807) is 12.1 Å². The smallest absolute Gasteiger partial charge is 0.119 e. The maximum atomic E-state index is 9.87. The normalized spacial score (nSPS) is 17.9. The number of hydrogen-bond donors (Lipinski definition) is 5. The molecule has 13 rings (SSSR count). The summed E-state index contributed by atoms with van der Waals surface area (Å²) < 4.78 is 20.2. The van der Waals surface area contributed by atoms with Crippen molar-refractivity contribution in [1.82, 2.24) is 14.7 Å². The second kappa shape index (κ2) is 37.7. The fourth-order valence-corrected chi connectivity index (χ4v) is 14.4. The first-order valence-corrected chi connectivity index (χ1v) is 37.1. The first-order valence-electron chi connectivity index (χ1n) is 35.5. The molecule has 3 heterocycles. The summed E-state index contributed by atoms with van der Waals surface area (Å²) in [6, 6.07) is 81.4. The number of aliphatic hydroxyl groups excluding tert-OH is 4. The van der Waals surface area contributed by atoms with E-state index in [1.807, 2.05) is 54.6 Å². The quantitative estimate of drug-likeness (QED) is 0.0217. The zero-order chi connectivity index (χ0) is 69.4. The molecule has 1 aliphatic carbocycles. The first kappa shape index (κ1) is 73.3. The number of rotatable bonds is 30. The van der Waals surface area contributed by atoms with Gasteiger partial charge in [0.25, 0.3) is 0 Å². The van der Waals surface area contributed by atoms with Crippen LogP contribution in [0, 0.1) is 11.8 Å². The lowest BCUT2D eigenvalue weighted by Crippen LogP contribution is -2.38. The zero-order valence-corrected chi connectivity index (χ0v) is 60.6. The van der Waals surface area contributed by atoms with E-state index in [9.17, 15) is 25.5 Å². The zero-order valence-electron chi connectivity index (χ0n) is 57.4. The van der Waals surface area contributed by atoms with Gasteiger partial charge < -0.3 is 44.6 Å². The van der Waals surface area contributed by atoms with Crippen molar-refractivity contribution in [3.8, 4) is 23.0 Å². The van der Waals surface area contributed by atoms with Crippen LogP contribution in [0.4, 0.5) is 0 Å². The van der Waals surface area contributed by atoms with Gasteiger partial charge in [0.2, 0.25) is 0 Å². The number of hydrogen-bond acceptors (Lipinski definition) is 11. The van der Waals surface area contributed by atoms with Crippen molar-refractivity contribution in [3.63, 3.8) is 0 Å². The van der Waals surface area contributed by atoms with Crippen LogP contribution in [0.25, 0.3) is 33.4 Å². The highest BCUT2D eigenvalue weighted by Crippen LogP contribution is 2.49. The molecule has 9 aromatic carbocycles. The van der Waals surface area contributed by atoms with Gasteiger partial charge in [-0.3, -0.25) is 9.80 Å². The van der Waals surface area contributed by atoms with Crippen LogP contribution < -0.4 is 14.2 Å². The third-order valence-electron chi connectivity index (χ3n) is 19.5. The van der Waals surface area contributed by atoms with Gasteiger partial charge in [-0.2, -0.15) is 0 Å². The van der Waals surface area contributed by atoms with E-state index in [2.05, 4.69) is 223 Å². The van der Waals surface area contributed by atoms with Crippen LogP contribution in [-0.2, 0) is 0 Å². The lowest BCUT2D eigenvalue weighted by atomic mass is 9.87. The number of fused-ring (bicyclic) bond motifs is 1. The lowest BCUT2D eigenvalue weighted by molar-refractivity contribution is 0.120. The maximum absolute atomic E-state index is 9.87. The fourth-order valence-electron chi connectivity index (χ4n) is 13.9. The van der Waals surface area contributed by atoms with Gasteiger partial charge in [-0.25, -0.2) is 0 Å². The highest BCUT2D eigenvalue weighted by atomic mass is 79.9. The Morgan fingerprint density at radius 3 is 1.16 bits per heavy atom. The Bertz CT molecular complexity index is 4040. The minimum Gasteiger partial charge on any atom is -0.508 e. The average molecular weight is 1470 g/mol. The van der Waals surface area contributed by atoms with Crippen molar-refractivity contribution >= 4 is 65.3 Å². The van der Waals surface area contributed by atoms with Crippen LogP contribution in [0.5, 0.6) is 23.0 Å². The van der Waals surface area contributed by atoms with E-state index in [1.165, 1.54) is 65.8 Å². The third-order valence-corrected chi connectivity index (χ3v) is 20.5. The molecule has 0 aromatic heterocycles. The standard InChI is InChI=1S/C31H35NO4.C29H32BrNO2.C27H28BrNO2/c33-17-4-7-28(22-5-2-1-3-6-22)31(23-8-12-26(35)13-9-23)24-10-14-27(15-11-24)36-18-16-32-20-25-19-29(25)30(32)21-34;1-31-19-5-9-26(31)21-33-27-17-13-24(14-18-27)29(23-11-15-25(30)16-12-23)28(10-6-20-32)22-7-3-2-4-8-22;28-24-12-8-22(9-13-24)27(26(7-4-19-30)21-5-2-1-3-6-21)23-10-14-25(15-11-23)31-20-18-29-16-17-29/h1-3,5-6,8-15,25,29-30,33-35H,4,7,16-21H2;2-4,7-8,11-18,26,32H,5-6,9-10,19-21H2,1H3;1-3,5-6,8-15,30H,4,7,16-20H2/b31-28-;29-28-;27-26-/t25-,29-,30-;26-;/m10./s1. The van der Waals surface area contributed by atoms with Crippen molar-refractivity contribution in [1.29, 1.82) is 0 Å². The molecule has 4 fully saturated rings. The van der Waals surface area contributed by atoms with Gasteiger partial charge in [-0.1, -0.05) is 196 Å². The summed E-state index contributed by atoms with van der Waals surface area (Å²) >= 11 is 7.12. The van der Waals surface area contributed by atoms with Crippen LogP contribution in [0.15, 0.2) is 246 Å². The number of phenols is 1. The van der Waals surface area contributed by atoms with Crippen LogP contribution >= 0.6 is 31.9 Å². The Morgan fingerprint density at radius 1 is 0.430 bits per heavy atom. The van der Waals surface area contributed by atoms with E-state index in [4.69, 9.17) is 14.2 Å². The molecule has 100 heavy (non-hydrogen) atoms.